The summed E-state index contributed by atoms with van der Waals surface area (Å²) in [7, 11) is 0. The van der Waals surface area contributed by atoms with E-state index in [2.05, 4.69) is 29.7 Å². The van der Waals surface area contributed by atoms with Gasteiger partial charge < -0.3 is 10.6 Å². The van der Waals surface area contributed by atoms with Crippen LogP contribution < -0.4 is 10.6 Å². The Morgan fingerprint density at radius 2 is 2.00 bits per heavy atom. The monoisotopic (exact) mass is 248 g/mol. The normalized spacial score (nSPS) is 12.9. The second-order valence-corrected chi connectivity index (χ2v) is 5.66. The van der Waals surface area contributed by atoms with Gasteiger partial charge in [-0.3, -0.25) is 4.79 Å². The van der Waals surface area contributed by atoms with Crippen LogP contribution in [-0.2, 0) is 11.2 Å². The fourth-order valence-corrected chi connectivity index (χ4v) is 1.67. The summed E-state index contributed by atoms with van der Waals surface area (Å²) in [6.07, 6.45) is 0.998. The summed E-state index contributed by atoms with van der Waals surface area (Å²) in [5.41, 5.74) is 2.06. The summed E-state index contributed by atoms with van der Waals surface area (Å²) in [6, 6.07) is 7.93. The summed E-state index contributed by atoms with van der Waals surface area (Å²) in [5, 5.41) is 6.19. The van der Waals surface area contributed by atoms with E-state index >= 15 is 0 Å². The first-order valence-corrected chi connectivity index (χ1v) is 6.49. The fourth-order valence-electron chi connectivity index (χ4n) is 1.67. The Balaban J connectivity index is 2.63. The molecule has 0 fully saturated rings. The number of carbonyl (C=O) groups is 1. The van der Waals surface area contributed by atoms with Gasteiger partial charge in [0.15, 0.2) is 0 Å². The van der Waals surface area contributed by atoms with Gasteiger partial charge in [0.2, 0.25) is 5.91 Å². The van der Waals surface area contributed by atoms with Crippen molar-refractivity contribution in [1.82, 2.24) is 5.32 Å². The van der Waals surface area contributed by atoms with E-state index in [0.29, 0.717) is 0 Å². The lowest BCUT2D eigenvalue weighted by Crippen LogP contribution is -2.47. The zero-order valence-corrected chi connectivity index (χ0v) is 12.0. The van der Waals surface area contributed by atoms with Crippen molar-refractivity contribution in [2.75, 3.05) is 5.32 Å². The minimum Gasteiger partial charge on any atom is -0.374 e. The standard InChI is InChI=1S/C15H24N2O/c1-6-12-8-7-9-13(10-12)16-11(2)14(18)17-15(3,4)5/h7-11,16H,6H2,1-5H3,(H,17,18). The lowest BCUT2D eigenvalue weighted by molar-refractivity contribution is -0.122. The molecular weight excluding hydrogens is 224 g/mol. The van der Waals surface area contributed by atoms with Crippen LogP contribution in [0.3, 0.4) is 0 Å². The van der Waals surface area contributed by atoms with Gasteiger partial charge in [0.25, 0.3) is 0 Å². The number of amides is 1. The zero-order chi connectivity index (χ0) is 13.8. The molecule has 1 aromatic carbocycles. The van der Waals surface area contributed by atoms with Gasteiger partial charge in [-0.15, -0.1) is 0 Å². The van der Waals surface area contributed by atoms with E-state index in [0.717, 1.165) is 12.1 Å². The molecule has 3 heteroatoms. The summed E-state index contributed by atoms with van der Waals surface area (Å²) in [4.78, 5) is 11.9. The van der Waals surface area contributed by atoms with E-state index < -0.39 is 0 Å². The number of nitrogens with one attached hydrogen (secondary N) is 2. The lowest BCUT2D eigenvalue weighted by atomic mass is 10.1. The van der Waals surface area contributed by atoms with Gasteiger partial charge in [-0.1, -0.05) is 19.1 Å². The van der Waals surface area contributed by atoms with Crippen molar-refractivity contribution in [2.45, 2.75) is 52.6 Å². The largest absolute Gasteiger partial charge is 0.374 e. The molecule has 0 aliphatic rings. The molecule has 0 aromatic heterocycles. The Labute approximate surface area is 110 Å². The van der Waals surface area contributed by atoms with Gasteiger partial charge in [-0.2, -0.15) is 0 Å². The lowest BCUT2D eigenvalue weighted by Gasteiger charge is -2.24. The van der Waals surface area contributed by atoms with E-state index in [4.69, 9.17) is 0 Å². The van der Waals surface area contributed by atoms with Crippen LogP contribution in [0.15, 0.2) is 24.3 Å². The van der Waals surface area contributed by atoms with Gasteiger partial charge >= 0.3 is 0 Å². The first kappa shape index (κ1) is 14.6. The van der Waals surface area contributed by atoms with Gasteiger partial charge in [0.05, 0.1) is 0 Å². The van der Waals surface area contributed by atoms with E-state index in [-0.39, 0.29) is 17.5 Å². The first-order chi connectivity index (χ1) is 8.31. The van der Waals surface area contributed by atoms with Crippen molar-refractivity contribution in [3.63, 3.8) is 0 Å². The Morgan fingerprint density at radius 1 is 1.33 bits per heavy atom. The number of hydrogen-bond donors (Lipinski definition) is 2. The first-order valence-electron chi connectivity index (χ1n) is 6.49. The van der Waals surface area contributed by atoms with Crippen molar-refractivity contribution >= 4 is 11.6 Å². The molecule has 3 nitrogen and oxygen atoms in total. The molecule has 18 heavy (non-hydrogen) atoms. The van der Waals surface area contributed by atoms with Crippen LogP contribution in [0.4, 0.5) is 5.69 Å². The van der Waals surface area contributed by atoms with E-state index in [1.807, 2.05) is 39.8 Å². The molecule has 1 amide bonds. The number of carbonyl (C=O) groups excluding carboxylic acids is 1. The molecule has 0 spiro atoms. The highest BCUT2D eigenvalue weighted by Gasteiger charge is 2.18. The quantitative estimate of drug-likeness (QED) is 0.860. The van der Waals surface area contributed by atoms with Crippen LogP contribution >= 0.6 is 0 Å². The van der Waals surface area contributed by atoms with Gasteiger partial charge in [-0.25, -0.2) is 0 Å². The molecule has 1 rings (SSSR count). The Morgan fingerprint density at radius 3 is 2.56 bits per heavy atom. The highest BCUT2D eigenvalue weighted by atomic mass is 16.2. The molecule has 0 saturated carbocycles. The average Bonchev–Trinajstić information content (AvgIpc) is 2.27. The Hall–Kier alpha value is -1.51. The second-order valence-electron chi connectivity index (χ2n) is 5.66. The molecule has 1 atom stereocenters. The average molecular weight is 248 g/mol. The van der Waals surface area contributed by atoms with Gasteiger partial charge in [0, 0.05) is 11.2 Å². The predicted octanol–water partition coefficient (Wildman–Crippen LogP) is 2.96. The fraction of sp³-hybridized carbons (Fsp3) is 0.533. The third-order valence-electron chi connectivity index (χ3n) is 2.61. The minimum absolute atomic E-state index is 0.0180. The third-order valence-corrected chi connectivity index (χ3v) is 2.61. The SMILES string of the molecule is CCc1cccc(NC(C)C(=O)NC(C)(C)C)c1. The smallest absolute Gasteiger partial charge is 0.242 e. The number of aryl methyl sites for hydroxylation is 1. The van der Waals surface area contributed by atoms with Crippen LogP contribution in [-0.4, -0.2) is 17.5 Å². The van der Waals surface area contributed by atoms with Crippen molar-refractivity contribution in [3.05, 3.63) is 29.8 Å². The van der Waals surface area contributed by atoms with Crippen LogP contribution in [0, 0.1) is 0 Å². The molecule has 100 valence electrons. The molecule has 0 aliphatic heterocycles. The zero-order valence-electron chi connectivity index (χ0n) is 12.0. The second kappa shape index (κ2) is 5.89. The van der Waals surface area contributed by atoms with Crippen LogP contribution in [0.1, 0.15) is 40.2 Å². The predicted molar refractivity (Wildman–Crippen MR) is 76.8 cm³/mol. The maximum absolute atomic E-state index is 11.9. The maximum Gasteiger partial charge on any atom is 0.242 e. The van der Waals surface area contributed by atoms with Crippen LogP contribution in [0.5, 0.6) is 0 Å². The van der Waals surface area contributed by atoms with Crippen molar-refractivity contribution in [2.24, 2.45) is 0 Å². The van der Waals surface area contributed by atoms with Crippen LogP contribution in [0.2, 0.25) is 0 Å². The van der Waals surface area contributed by atoms with E-state index in [1.165, 1.54) is 5.56 Å². The molecule has 0 radical (unpaired) electrons. The number of rotatable bonds is 4. The van der Waals surface area contributed by atoms with Gasteiger partial charge in [0.1, 0.15) is 6.04 Å². The summed E-state index contributed by atoms with van der Waals surface area (Å²) < 4.78 is 0. The highest BCUT2D eigenvalue weighted by molar-refractivity contribution is 5.84. The molecule has 1 aromatic rings. The van der Waals surface area contributed by atoms with Crippen LogP contribution in [0.25, 0.3) is 0 Å². The summed E-state index contributed by atoms with van der Waals surface area (Å²) >= 11 is 0. The molecule has 0 bridgehead atoms. The Bertz CT molecular complexity index is 407. The van der Waals surface area contributed by atoms with Crippen molar-refractivity contribution < 1.29 is 4.79 Å². The molecule has 0 aliphatic carbocycles. The van der Waals surface area contributed by atoms with Crippen molar-refractivity contribution in [1.29, 1.82) is 0 Å². The topological polar surface area (TPSA) is 41.1 Å². The minimum atomic E-state index is -0.240. The highest BCUT2D eigenvalue weighted by Crippen LogP contribution is 2.12. The van der Waals surface area contributed by atoms with Gasteiger partial charge in [-0.05, 0) is 51.8 Å². The summed E-state index contributed by atoms with van der Waals surface area (Å²) in [6.45, 7) is 9.94. The molecule has 1 unspecified atom stereocenters. The molecule has 0 saturated heterocycles. The van der Waals surface area contributed by atoms with Crippen molar-refractivity contribution in [3.8, 4) is 0 Å². The van der Waals surface area contributed by atoms with E-state index in [1.54, 1.807) is 0 Å². The number of anilines is 1. The third kappa shape index (κ3) is 4.78. The number of benzene rings is 1. The molecule has 2 N–H and O–H groups in total. The Kier molecular flexibility index (Phi) is 4.76. The maximum atomic E-state index is 11.9. The molecule has 0 heterocycles. The summed E-state index contributed by atoms with van der Waals surface area (Å²) in [5.74, 6) is 0.0180. The van der Waals surface area contributed by atoms with E-state index in [9.17, 15) is 4.79 Å². The molecular formula is C15H24N2O. The number of hydrogen-bond acceptors (Lipinski definition) is 2.